The van der Waals surface area contributed by atoms with Crippen molar-refractivity contribution in [1.82, 2.24) is 9.97 Å². The van der Waals surface area contributed by atoms with E-state index >= 15 is 0 Å². The topological polar surface area (TPSA) is 126 Å². The number of nitrogens with one attached hydrogen (secondary N) is 1. The summed E-state index contributed by atoms with van der Waals surface area (Å²) in [6, 6.07) is 11.0. The largest absolute Gasteiger partial charge is 0.382 e. The fraction of sp³-hybridized carbons (Fsp3) is 0. The molecule has 0 aliphatic rings. The normalized spacial score (nSPS) is 11.1. The molecule has 3 aromatic rings. The number of benzene rings is 1. The summed E-state index contributed by atoms with van der Waals surface area (Å²) in [7, 11) is 0. The van der Waals surface area contributed by atoms with Crippen LogP contribution in [0.25, 0.3) is 10.8 Å². The smallest absolute Gasteiger partial charge is 0.151 e. The third kappa shape index (κ3) is 2.59. The van der Waals surface area contributed by atoms with E-state index in [0.29, 0.717) is 22.9 Å². The Morgan fingerprint density at radius 2 is 1.82 bits per heavy atom. The molecule has 0 bridgehead atoms. The summed E-state index contributed by atoms with van der Waals surface area (Å²) >= 11 is 0. The number of nitrogen functional groups attached to an aromatic ring is 2. The first kappa shape index (κ1) is 13.6. The molecule has 0 aliphatic heterocycles. The number of fused-ring (bicyclic) bond motifs is 1. The van der Waals surface area contributed by atoms with Crippen molar-refractivity contribution in [3.05, 3.63) is 54.5 Å². The van der Waals surface area contributed by atoms with Gasteiger partial charge in [-0.3, -0.25) is 10.4 Å². The third-order valence-corrected chi connectivity index (χ3v) is 3.09. The van der Waals surface area contributed by atoms with Crippen LogP contribution in [0, 0.1) is 5.41 Å². The molecule has 0 unspecified atom stereocenters. The Kier molecular flexibility index (Phi) is 3.45. The monoisotopic (exact) mass is 291 g/mol. The van der Waals surface area contributed by atoms with Crippen LogP contribution in [0.1, 0.15) is 5.69 Å². The number of pyridine rings is 2. The maximum atomic E-state index is 7.30. The molecule has 0 radical (unpaired) electrons. The second-order valence-corrected chi connectivity index (χ2v) is 4.59. The summed E-state index contributed by atoms with van der Waals surface area (Å²) in [4.78, 5) is 8.15. The lowest BCUT2D eigenvalue weighted by Gasteiger charge is -2.03. The molecule has 0 spiro atoms. The second-order valence-electron chi connectivity index (χ2n) is 4.59. The van der Waals surface area contributed by atoms with Gasteiger partial charge < -0.3 is 11.5 Å². The first-order valence-electron chi connectivity index (χ1n) is 6.50. The van der Waals surface area contributed by atoms with Gasteiger partial charge >= 0.3 is 0 Å². The number of amidine groups is 1. The molecule has 22 heavy (non-hydrogen) atoms. The molecule has 7 nitrogen and oxygen atoms in total. The van der Waals surface area contributed by atoms with Crippen molar-refractivity contribution >= 4 is 33.8 Å². The number of hydrogen-bond acceptors (Lipinski definition) is 6. The first-order valence-corrected chi connectivity index (χ1v) is 6.50. The minimum absolute atomic E-state index is 0.0917. The number of nitrogens with zero attached hydrogens (tertiary/aromatic N) is 4. The molecule has 5 N–H and O–H groups in total. The first-order chi connectivity index (χ1) is 10.6. The molecule has 1 aromatic carbocycles. The van der Waals surface area contributed by atoms with Crippen LogP contribution in [0.3, 0.4) is 0 Å². The van der Waals surface area contributed by atoms with E-state index < -0.39 is 0 Å². The van der Waals surface area contributed by atoms with Crippen molar-refractivity contribution in [2.45, 2.75) is 0 Å². The quantitative estimate of drug-likeness (QED) is 0.389. The van der Waals surface area contributed by atoms with Gasteiger partial charge in [0.15, 0.2) is 5.82 Å². The van der Waals surface area contributed by atoms with Gasteiger partial charge in [-0.05, 0) is 12.1 Å². The Morgan fingerprint density at radius 1 is 1.00 bits per heavy atom. The highest BCUT2D eigenvalue weighted by molar-refractivity contribution is 5.96. The van der Waals surface area contributed by atoms with Crippen LogP contribution in [0.15, 0.2) is 59.0 Å². The van der Waals surface area contributed by atoms with Gasteiger partial charge in [0, 0.05) is 17.0 Å². The Balaban J connectivity index is 1.98. The van der Waals surface area contributed by atoms with Crippen molar-refractivity contribution in [1.29, 1.82) is 5.41 Å². The van der Waals surface area contributed by atoms with Gasteiger partial charge in [0.05, 0.1) is 6.20 Å². The number of hydrogen-bond donors (Lipinski definition) is 3. The zero-order valence-corrected chi connectivity index (χ0v) is 11.6. The number of aromatic nitrogens is 2. The van der Waals surface area contributed by atoms with E-state index in [9.17, 15) is 0 Å². The zero-order chi connectivity index (χ0) is 15.5. The van der Waals surface area contributed by atoms with Crippen molar-refractivity contribution in [2.24, 2.45) is 16.0 Å². The number of azo groups is 1. The molecular formula is C15H13N7. The van der Waals surface area contributed by atoms with Crippen molar-refractivity contribution in [3.63, 3.8) is 0 Å². The minimum atomic E-state index is -0.0917. The predicted octanol–water partition coefficient (Wildman–Crippen LogP) is 2.91. The van der Waals surface area contributed by atoms with Crippen molar-refractivity contribution in [2.75, 3.05) is 5.73 Å². The Morgan fingerprint density at radius 3 is 2.55 bits per heavy atom. The van der Waals surface area contributed by atoms with Crippen LogP contribution in [0.2, 0.25) is 0 Å². The van der Waals surface area contributed by atoms with E-state index in [2.05, 4.69) is 20.2 Å². The number of rotatable bonds is 3. The molecule has 0 atom stereocenters. The summed E-state index contributed by atoms with van der Waals surface area (Å²) in [6.45, 7) is 0. The molecule has 0 amide bonds. The van der Waals surface area contributed by atoms with E-state index in [-0.39, 0.29) is 5.84 Å². The van der Waals surface area contributed by atoms with Crippen molar-refractivity contribution < 1.29 is 0 Å². The molecular weight excluding hydrogens is 278 g/mol. The Hall–Kier alpha value is -3.35. The molecule has 0 aliphatic carbocycles. The van der Waals surface area contributed by atoms with Crippen LogP contribution in [-0.2, 0) is 0 Å². The summed E-state index contributed by atoms with van der Waals surface area (Å²) < 4.78 is 0. The lowest BCUT2D eigenvalue weighted by molar-refractivity contribution is 1.18. The van der Waals surface area contributed by atoms with Crippen LogP contribution in [-0.4, -0.2) is 15.8 Å². The third-order valence-electron chi connectivity index (χ3n) is 3.09. The van der Waals surface area contributed by atoms with Gasteiger partial charge in [0.25, 0.3) is 0 Å². The van der Waals surface area contributed by atoms with Crippen molar-refractivity contribution in [3.8, 4) is 0 Å². The zero-order valence-electron chi connectivity index (χ0n) is 11.6. The van der Waals surface area contributed by atoms with Gasteiger partial charge in [-0.15, -0.1) is 10.2 Å². The number of anilines is 1. The maximum absolute atomic E-state index is 7.30. The SMILES string of the molecule is N=C(N)c1ccc(N=Nc2c(N)ncc3ccccc23)cn1. The molecule has 7 heteroatoms. The van der Waals surface area contributed by atoms with E-state index in [0.717, 1.165) is 10.8 Å². The molecule has 0 saturated heterocycles. The van der Waals surface area contributed by atoms with E-state index in [1.807, 2.05) is 24.3 Å². The van der Waals surface area contributed by atoms with Crippen LogP contribution < -0.4 is 11.5 Å². The standard InChI is InChI=1S/C15H13N7/c16-14(17)12-6-5-10(8-19-12)21-22-13-11-4-2-1-3-9(11)7-20-15(13)18/h1-8H,(H3,16,17)(H2,18,20). The highest BCUT2D eigenvalue weighted by Crippen LogP contribution is 2.31. The maximum Gasteiger partial charge on any atom is 0.151 e. The average molecular weight is 291 g/mol. The molecule has 0 fully saturated rings. The van der Waals surface area contributed by atoms with E-state index in [1.54, 1.807) is 18.3 Å². The fourth-order valence-electron chi connectivity index (χ4n) is 1.98. The average Bonchev–Trinajstić information content (AvgIpc) is 2.54. The summed E-state index contributed by atoms with van der Waals surface area (Å²) in [6.07, 6.45) is 3.20. The van der Waals surface area contributed by atoms with Crippen LogP contribution in [0.5, 0.6) is 0 Å². The molecule has 3 rings (SSSR count). The lowest BCUT2D eigenvalue weighted by Crippen LogP contribution is -2.12. The van der Waals surface area contributed by atoms with Gasteiger partial charge in [-0.1, -0.05) is 24.3 Å². The van der Waals surface area contributed by atoms with Gasteiger partial charge in [0.2, 0.25) is 0 Å². The lowest BCUT2D eigenvalue weighted by atomic mass is 10.1. The van der Waals surface area contributed by atoms with E-state index in [4.69, 9.17) is 16.9 Å². The summed E-state index contributed by atoms with van der Waals surface area (Å²) in [5.41, 5.74) is 12.7. The molecule has 2 heterocycles. The van der Waals surface area contributed by atoms with Gasteiger partial charge in [-0.25, -0.2) is 4.98 Å². The molecule has 108 valence electrons. The fourth-order valence-corrected chi connectivity index (χ4v) is 1.98. The van der Waals surface area contributed by atoms with Gasteiger partial charge in [-0.2, -0.15) is 0 Å². The Labute approximate surface area is 126 Å². The Bertz CT molecular complexity index is 869. The summed E-state index contributed by atoms with van der Waals surface area (Å²) in [5, 5.41) is 17.4. The van der Waals surface area contributed by atoms with Gasteiger partial charge in [0.1, 0.15) is 22.9 Å². The second kappa shape index (κ2) is 5.57. The predicted molar refractivity (Wildman–Crippen MR) is 85.6 cm³/mol. The van der Waals surface area contributed by atoms with E-state index in [1.165, 1.54) is 6.20 Å². The molecule has 0 saturated carbocycles. The number of nitrogens with two attached hydrogens (primary N) is 2. The highest BCUT2D eigenvalue weighted by Gasteiger charge is 2.05. The molecule has 2 aromatic heterocycles. The van der Waals surface area contributed by atoms with Crippen LogP contribution in [0.4, 0.5) is 17.2 Å². The van der Waals surface area contributed by atoms with Crippen LogP contribution >= 0.6 is 0 Å². The summed E-state index contributed by atoms with van der Waals surface area (Å²) in [5.74, 6) is 0.224. The highest BCUT2D eigenvalue weighted by atomic mass is 15.1. The minimum Gasteiger partial charge on any atom is -0.382 e.